The summed E-state index contributed by atoms with van der Waals surface area (Å²) in [4.78, 5) is 4.32. The van der Waals surface area contributed by atoms with Crippen molar-refractivity contribution in [2.24, 2.45) is 0 Å². The van der Waals surface area contributed by atoms with Gasteiger partial charge in [-0.2, -0.15) is 9.61 Å². The molecule has 0 bridgehead atoms. The minimum Gasteiger partial charge on any atom is -0.382 e. The number of hydrogen-bond donors (Lipinski definition) is 2. The van der Waals surface area contributed by atoms with Crippen LogP contribution in [0.1, 0.15) is 17.7 Å². The monoisotopic (exact) mass is 297 g/mol. The number of rotatable bonds is 6. The second-order valence-corrected chi connectivity index (χ2v) is 5.23. The average molecular weight is 297 g/mol. The first kappa shape index (κ1) is 14.2. The quantitative estimate of drug-likeness (QED) is 0.678. The third-order valence-corrected chi connectivity index (χ3v) is 3.28. The molecule has 3 aromatic heterocycles. The molecule has 0 saturated carbocycles. The van der Waals surface area contributed by atoms with Crippen molar-refractivity contribution >= 4 is 17.2 Å². The zero-order valence-electron chi connectivity index (χ0n) is 12.7. The lowest BCUT2D eigenvalue weighted by atomic mass is 10.3. The van der Waals surface area contributed by atoms with Crippen LogP contribution in [0.5, 0.6) is 0 Å². The number of anilines is 2. The number of fused-ring (bicyclic) bond motifs is 1. The SMILES string of the molecule is Cc1ccc(NCCCNc2cc(C)nn3cnnc23)nc1. The molecular weight excluding hydrogens is 278 g/mol. The fraction of sp³-hybridized carbons (Fsp3) is 0.333. The van der Waals surface area contributed by atoms with Crippen LogP contribution in [-0.2, 0) is 0 Å². The first-order valence-corrected chi connectivity index (χ1v) is 7.30. The summed E-state index contributed by atoms with van der Waals surface area (Å²) in [6, 6.07) is 6.03. The van der Waals surface area contributed by atoms with Crippen LogP contribution in [0.25, 0.3) is 5.65 Å². The second-order valence-electron chi connectivity index (χ2n) is 5.23. The highest BCUT2D eigenvalue weighted by Gasteiger charge is 2.05. The molecule has 0 aliphatic rings. The Hall–Kier alpha value is -2.70. The van der Waals surface area contributed by atoms with Crippen LogP contribution < -0.4 is 10.6 Å². The van der Waals surface area contributed by atoms with E-state index in [-0.39, 0.29) is 0 Å². The highest BCUT2D eigenvalue weighted by Crippen LogP contribution is 2.14. The Morgan fingerprint density at radius 2 is 2.00 bits per heavy atom. The van der Waals surface area contributed by atoms with E-state index in [0.29, 0.717) is 0 Å². The van der Waals surface area contributed by atoms with Crippen LogP contribution in [0.4, 0.5) is 11.5 Å². The third-order valence-electron chi connectivity index (χ3n) is 3.28. The van der Waals surface area contributed by atoms with Gasteiger partial charge in [-0.3, -0.25) is 0 Å². The highest BCUT2D eigenvalue weighted by molar-refractivity contribution is 5.66. The lowest BCUT2D eigenvalue weighted by Crippen LogP contribution is -2.11. The molecule has 0 aliphatic carbocycles. The van der Waals surface area contributed by atoms with E-state index in [1.807, 2.05) is 32.2 Å². The average Bonchev–Trinajstić information content (AvgIpc) is 2.97. The van der Waals surface area contributed by atoms with Gasteiger partial charge in [-0.25, -0.2) is 4.98 Å². The van der Waals surface area contributed by atoms with Crippen molar-refractivity contribution in [1.82, 2.24) is 24.8 Å². The van der Waals surface area contributed by atoms with Crippen LogP contribution in [0.15, 0.2) is 30.7 Å². The van der Waals surface area contributed by atoms with Crippen molar-refractivity contribution in [3.63, 3.8) is 0 Å². The summed E-state index contributed by atoms with van der Waals surface area (Å²) in [6.07, 6.45) is 4.44. The summed E-state index contributed by atoms with van der Waals surface area (Å²) in [5.41, 5.74) is 3.80. The van der Waals surface area contributed by atoms with Gasteiger partial charge in [0, 0.05) is 19.3 Å². The van der Waals surface area contributed by atoms with Gasteiger partial charge in [-0.15, -0.1) is 10.2 Å². The Morgan fingerprint density at radius 1 is 1.14 bits per heavy atom. The van der Waals surface area contributed by atoms with Gasteiger partial charge in [0.1, 0.15) is 12.1 Å². The molecule has 22 heavy (non-hydrogen) atoms. The molecule has 0 amide bonds. The van der Waals surface area contributed by atoms with E-state index in [1.165, 1.54) is 0 Å². The summed E-state index contributed by atoms with van der Waals surface area (Å²) in [7, 11) is 0. The Bertz CT molecular complexity index is 748. The lowest BCUT2D eigenvalue weighted by molar-refractivity contribution is 0.879. The second kappa shape index (κ2) is 6.38. The molecule has 3 heterocycles. The maximum atomic E-state index is 4.32. The molecule has 3 aromatic rings. The van der Waals surface area contributed by atoms with E-state index in [0.717, 1.165) is 47.9 Å². The van der Waals surface area contributed by atoms with Gasteiger partial charge in [0.2, 0.25) is 5.65 Å². The minimum absolute atomic E-state index is 0.749. The predicted molar refractivity (Wildman–Crippen MR) is 86.1 cm³/mol. The van der Waals surface area contributed by atoms with Crippen LogP contribution in [0.3, 0.4) is 0 Å². The standard InChI is InChI=1S/C15H19N7/c1-11-4-5-14(18-9-11)17-7-3-6-16-13-8-12(2)21-22-10-19-20-15(13)22/h4-5,8-10,16H,3,6-7H2,1-2H3,(H,17,18). The fourth-order valence-corrected chi connectivity index (χ4v) is 2.18. The Morgan fingerprint density at radius 3 is 2.82 bits per heavy atom. The van der Waals surface area contributed by atoms with Gasteiger partial charge < -0.3 is 10.6 Å². The van der Waals surface area contributed by atoms with Crippen LogP contribution in [0, 0.1) is 13.8 Å². The van der Waals surface area contributed by atoms with Gasteiger partial charge in [0.25, 0.3) is 0 Å². The molecule has 0 fully saturated rings. The van der Waals surface area contributed by atoms with E-state index in [9.17, 15) is 0 Å². The fourth-order valence-electron chi connectivity index (χ4n) is 2.18. The highest BCUT2D eigenvalue weighted by atomic mass is 15.3. The van der Waals surface area contributed by atoms with Crippen molar-refractivity contribution in [2.75, 3.05) is 23.7 Å². The summed E-state index contributed by atoms with van der Waals surface area (Å²) >= 11 is 0. The summed E-state index contributed by atoms with van der Waals surface area (Å²) in [5.74, 6) is 0.908. The number of nitrogens with one attached hydrogen (secondary N) is 2. The van der Waals surface area contributed by atoms with Crippen molar-refractivity contribution in [1.29, 1.82) is 0 Å². The molecule has 7 nitrogen and oxygen atoms in total. The topological polar surface area (TPSA) is 80.0 Å². The number of pyridine rings is 1. The van der Waals surface area contributed by atoms with Crippen LogP contribution in [-0.4, -0.2) is 37.9 Å². The van der Waals surface area contributed by atoms with E-state index in [2.05, 4.69) is 37.0 Å². The maximum absolute atomic E-state index is 4.32. The molecule has 114 valence electrons. The molecule has 0 spiro atoms. The Balaban J connectivity index is 1.50. The van der Waals surface area contributed by atoms with Crippen molar-refractivity contribution in [3.05, 3.63) is 42.0 Å². The molecule has 2 N–H and O–H groups in total. The minimum atomic E-state index is 0.749. The zero-order valence-corrected chi connectivity index (χ0v) is 12.7. The molecule has 0 aromatic carbocycles. The molecule has 0 radical (unpaired) electrons. The molecule has 0 saturated heterocycles. The number of hydrogen-bond acceptors (Lipinski definition) is 6. The predicted octanol–water partition coefficient (Wildman–Crippen LogP) is 2.05. The van der Waals surface area contributed by atoms with Crippen molar-refractivity contribution < 1.29 is 0 Å². The van der Waals surface area contributed by atoms with Crippen molar-refractivity contribution in [3.8, 4) is 0 Å². The molecule has 3 rings (SSSR count). The normalized spacial score (nSPS) is 10.8. The molecular formula is C15H19N7. The van der Waals surface area contributed by atoms with Crippen LogP contribution >= 0.6 is 0 Å². The van der Waals surface area contributed by atoms with Gasteiger partial charge in [-0.05, 0) is 38.0 Å². The summed E-state index contributed by atoms with van der Waals surface area (Å²) in [5, 5.41) is 19.0. The first-order valence-electron chi connectivity index (χ1n) is 7.30. The van der Waals surface area contributed by atoms with Gasteiger partial charge in [-0.1, -0.05) is 6.07 Å². The lowest BCUT2D eigenvalue weighted by Gasteiger charge is -2.09. The maximum Gasteiger partial charge on any atom is 0.200 e. The molecule has 7 heteroatoms. The van der Waals surface area contributed by atoms with E-state index in [1.54, 1.807) is 10.8 Å². The summed E-state index contributed by atoms with van der Waals surface area (Å²) < 4.78 is 1.69. The Labute approximate surface area is 128 Å². The smallest absolute Gasteiger partial charge is 0.200 e. The van der Waals surface area contributed by atoms with Crippen LogP contribution in [0.2, 0.25) is 0 Å². The number of nitrogens with zero attached hydrogens (tertiary/aromatic N) is 5. The van der Waals surface area contributed by atoms with E-state index in [4.69, 9.17) is 0 Å². The van der Waals surface area contributed by atoms with Crippen molar-refractivity contribution in [2.45, 2.75) is 20.3 Å². The van der Waals surface area contributed by atoms with Gasteiger partial charge in [0.05, 0.1) is 11.4 Å². The molecule has 0 atom stereocenters. The number of aromatic nitrogens is 5. The Kier molecular flexibility index (Phi) is 4.13. The molecule has 0 unspecified atom stereocenters. The van der Waals surface area contributed by atoms with E-state index >= 15 is 0 Å². The zero-order chi connectivity index (χ0) is 15.4. The molecule has 0 aliphatic heterocycles. The van der Waals surface area contributed by atoms with Gasteiger partial charge in [0.15, 0.2) is 0 Å². The third kappa shape index (κ3) is 3.30. The van der Waals surface area contributed by atoms with E-state index < -0.39 is 0 Å². The first-order chi connectivity index (χ1) is 10.7. The largest absolute Gasteiger partial charge is 0.382 e. The van der Waals surface area contributed by atoms with Gasteiger partial charge >= 0.3 is 0 Å². The summed E-state index contributed by atoms with van der Waals surface area (Å²) in [6.45, 7) is 5.68. The number of aryl methyl sites for hydroxylation is 2.